The average Bonchev–Trinajstić information content (AvgIpc) is 2.68. The molecule has 0 aromatic heterocycles. The maximum absolute atomic E-state index is 11.1. The highest BCUT2D eigenvalue weighted by atomic mass is 16.5. The van der Waals surface area contributed by atoms with Crippen LogP contribution in [-0.4, -0.2) is 18.7 Å². The SMILES string of the molecule is NC(=O)c1ccc2c(c1)N=CC1=C(CCO1)N2. The van der Waals surface area contributed by atoms with E-state index in [1.165, 1.54) is 0 Å². The molecule has 5 nitrogen and oxygen atoms in total. The average molecular weight is 229 g/mol. The summed E-state index contributed by atoms with van der Waals surface area (Å²) in [7, 11) is 0. The Labute approximate surface area is 98.0 Å². The number of benzene rings is 1. The summed E-state index contributed by atoms with van der Waals surface area (Å²) in [6.45, 7) is 0.679. The lowest BCUT2D eigenvalue weighted by Gasteiger charge is -2.08. The molecule has 0 saturated heterocycles. The number of carbonyl (C=O) groups is 1. The Bertz CT molecular complexity index is 561. The third-order valence-corrected chi connectivity index (χ3v) is 2.80. The highest BCUT2D eigenvalue weighted by Crippen LogP contribution is 2.32. The summed E-state index contributed by atoms with van der Waals surface area (Å²) >= 11 is 0. The maximum Gasteiger partial charge on any atom is 0.248 e. The van der Waals surface area contributed by atoms with Gasteiger partial charge in [-0.2, -0.15) is 0 Å². The standard InChI is InChI=1S/C12H11N3O2/c13-12(16)7-1-2-8-10(5-7)14-6-11-9(15-8)3-4-17-11/h1-2,5-6,15H,3-4H2,(H2,13,16). The first-order chi connectivity index (χ1) is 8.24. The molecule has 2 heterocycles. The van der Waals surface area contributed by atoms with E-state index in [2.05, 4.69) is 10.3 Å². The second-order valence-corrected chi connectivity index (χ2v) is 3.92. The van der Waals surface area contributed by atoms with Gasteiger partial charge in [0.05, 0.1) is 29.9 Å². The van der Waals surface area contributed by atoms with Gasteiger partial charge in [0.1, 0.15) is 0 Å². The smallest absolute Gasteiger partial charge is 0.248 e. The van der Waals surface area contributed by atoms with E-state index >= 15 is 0 Å². The summed E-state index contributed by atoms with van der Waals surface area (Å²) in [4.78, 5) is 15.4. The molecule has 0 atom stereocenters. The number of ether oxygens (including phenoxy) is 1. The molecule has 0 aliphatic carbocycles. The van der Waals surface area contributed by atoms with Crippen LogP contribution in [0.4, 0.5) is 11.4 Å². The summed E-state index contributed by atoms with van der Waals surface area (Å²) in [5, 5.41) is 3.27. The van der Waals surface area contributed by atoms with E-state index in [1.807, 2.05) is 0 Å². The van der Waals surface area contributed by atoms with Crippen LogP contribution in [-0.2, 0) is 4.74 Å². The molecule has 0 spiro atoms. The number of hydrogen-bond acceptors (Lipinski definition) is 4. The van der Waals surface area contributed by atoms with Crippen molar-refractivity contribution in [2.24, 2.45) is 10.7 Å². The van der Waals surface area contributed by atoms with Crippen LogP contribution in [0.1, 0.15) is 16.8 Å². The Balaban J connectivity index is 2.04. The zero-order chi connectivity index (χ0) is 11.8. The van der Waals surface area contributed by atoms with Gasteiger partial charge < -0.3 is 15.8 Å². The van der Waals surface area contributed by atoms with Crippen LogP contribution in [0, 0.1) is 0 Å². The lowest BCUT2D eigenvalue weighted by Crippen LogP contribution is -2.10. The lowest BCUT2D eigenvalue weighted by atomic mass is 10.1. The molecule has 2 aliphatic rings. The predicted octanol–water partition coefficient (Wildman–Crippen LogP) is 1.55. The fourth-order valence-corrected chi connectivity index (χ4v) is 1.90. The lowest BCUT2D eigenvalue weighted by molar-refractivity contribution is 0.100. The van der Waals surface area contributed by atoms with E-state index in [0.29, 0.717) is 17.9 Å². The molecule has 2 aliphatic heterocycles. The molecule has 3 N–H and O–H groups in total. The van der Waals surface area contributed by atoms with E-state index in [9.17, 15) is 4.79 Å². The molecule has 86 valence electrons. The fourth-order valence-electron chi connectivity index (χ4n) is 1.90. The van der Waals surface area contributed by atoms with Gasteiger partial charge in [-0.05, 0) is 18.2 Å². The summed E-state index contributed by atoms with van der Waals surface area (Å²) in [5.74, 6) is 0.311. The molecule has 0 fully saturated rings. The number of rotatable bonds is 1. The Hall–Kier alpha value is -2.30. The Morgan fingerprint density at radius 2 is 2.35 bits per heavy atom. The van der Waals surface area contributed by atoms with E-state index in [1.54, 1.807) is 24.4 Å². The van der Waals surface area contributed by atoms with Crippen molar-refractivity contribution in [1.82, 2.24) is 0 Å². The van der Waals surface area contributed by atoms with Gasteiger partial charge in [-0.3, -0.25) is 9.79 Å². The third-order valence-electron chi connectivity index (χ3n) is 2.80. The number of hydrogen-bond donors (Lipinski definition) is 2. The summed E-state index contributed by atoms with van der Waals surface area (Å²) in [6.07, 6.45) is 2.52. The fraction of sp³-hybridized carbons (Fsp3) is 0.167. The van der Waals surface area contributed by atoms with Crippen LogP contribution in [0.5, 0.6) is 0 Å². The Morgan fingerprint density at radius 3 is 3.18 bits per heavy atom. The quantitative estimate of drug-likeness (QED) is 0.766. The molecule has 0 radical (unpaired) electrons. The minimum atomic E-state index is -0.455. The van der Waals surface area contributed by atoms with Gasteiger partial charge in [-0.15, -0.1) is 0 Å². The molecule has 1 aromatic rings. The first-order valence-corrected chi connectivity index (χ1v) is 5.35. The summed E-state index contributed by atoms with van der Waals surface area (Å²) < 4.78 is 5.42. The van der Waals surface area contributed by atoms with Crippen molar-refractivity contribution in [2.45, 2.75) is 6.42 Å². The minimum absolute atomic E-state index is 0.450. The molecular weight excluding hydrogens is 218 g/mol. The van der Waals surface area contributed by atoms with Crippen molar-refractivity contribution in [3.8, 4) is 0 Å². The number of amides is 1. The number of nitrogens with two attached hydrogens (primary N) is 1. The van der Waals surface area contributed by atoms with Crippen molar-refractivity contribution < 1.29 is 9.53 Å². The first-order valence-electron chi connectivity index (χ1n) is 5.35. The number of carbonyl (C=O) groups excluding carboxylic acids is 1. The van der Waals surface area contributed by atoms with Gasteiger partial charge in [0, 0.05) is 12.0 Å². The minimum Gasteiger partial charge on any atom is -0.490 e. The van der Waals surface area contributed by atoms with E-state index < -0.39 is 5.91 Å². The molecule has 0 saturated carbocycles. The summed E-state index contributed by atoms with van der Waals surface area (Å²) in [5.41, 5.74) is 8.26. The molecule has 1 aromatic carbocycles. The van der Waals surface area contributed by atoms with Crippen LogP contribution < -0.4 is 11.1 Å². The van der Waals surface area contributed by atoms with E-state index in [0.717, 1.165) is 23.6 Å². The number of aliphatic imine (C=N–C) groups is 1. The molecule has 0 bridgehead atoms. The van der Waals surface area contributed by atoms with Gasteiger partial charge in [0.2, 0.25) is 5.91 Å². The predicted molar refractivity (Wildman–Crippen MR) is 64.3 cm³/mol. The van der Waals surface area contributed by atoms with Crippen LogP contribution in [0.25, 0.3) is 0 Å². The van der Waals surface area contributed by atoms with Crippen molar-refractivity contribution in [1.29, 1.82) is 0 Å². The summed E-state index contributed by atoms with van der Waals surface area (Å²) in [6, 6.07) is 5.16. The molecule has 0 unspecified atom stereocenters. The second-order valence-electron chi connectivity index (χ2n) is 3.92. The second kappa shape index (κ2) is 3.62. The normalized spacial score (nSPS) is 16.7. The molecular formula is C12H11N3O2. The van der Waals surface area contributed by atoms with Gasteiger partial charge in [-0.1, -0.05) is 0 Å². The van der Waals surface area contributed by atoms with Crippen molar-refractivity contribution >= 4 is 23.5 Å². The van der Waals surface area contributed by atoms with Crippen molar-refractivity contribution in [3.05, 3.63) is 35.2 Å². The zero-order valence-corrected chi connectivity index (χ0v) is 9.06. The maximum atomic E-state index is 11.1. The van der Waals surface area contributed by atoms with Gasteiger partial charge in [0.25, 0.3) is 0 Å². The number of anilines is 1. The third kappa shape index (κ3) is 1.65. The number of primary amides is 1. The number of fused-ring (bicyclic) bond motifs is 1. The van der Waals surface area contributed by atoms with Crippen LogP contribution in [0.3, 0.4) is 0 Å². The largest absolute Gasteiger partial charge is 0.490 e. The van der Waals surface area contributed by atoms with E-state index in [4.69, 9.17) is 10.5 Å². The number of nitrogens with zero attached hydrogens (tertiary/aromatic N) is 1. The first kappa shape index (κ1) is 9.89. The van der Waals surface area contributed by atoms with Crippen LogP contribution >= 0.6 is 0 Å². The topological polar surface area (TPSA) is 76.7 Å². The van der Waals surface area contributed by atoms with Crippen LogP contribution in [0.2, 0.25) is 0 Å². The highest BCUT2D eigenvalue weighted by Gasteiger charge is 2.19. The van der Waals surface area contributed by atoms with Gasteiger partial charge in [-0.25, -0.2) is 0 Å². The Kier molecular flexibility index (Phi) is 2.11. The molecule has 3 rings (SSSR count). The molecule has 17 heavy (non-hydrogen) atoms. The van der Waals surface area contributed by atoms with E-state index in [-0.39, 0.29) is 0 Å². The number of allylic oxidation sites excluding steroid dienone is 1. The van der Waals surface area contributed by atoms with Crippen LogP contribution in [0.15, 0.2) is 34.6 Å². The van der Waals surface area contributed by atoms with Crippen molar-refractivity contribution in [3.63, 3.8) is 0 Å². The highest BCUT2D eigenvalue weighted by molar-refractivity contribution is 5.96. The Morgan fingerprint density at radius 1 is 1.47 bits per heavy atom. The van der Waals surface area contributed by atoms with Crippen molar-refractivity contribution in [2.75, 3.05) is 11.9 Å². The number of nitrogens with one attached hydrogen (secondary N) is 1. The molecule has 1 amide bonds. The van der Waals surface area contributed by atoms with Gasteiger partial charge in [0.15, 0.2) is 5.76 Å². The molecule has 5 heteroatoms. The monoisotopic (exact) mass is 229 g/mol. The van der Waals surface area contributed by atoms with Gasteiger partial charge >= 0.3 is 0 Å². The zero-order valence-electron chi connectivity index (χ0n) is 9.06.